The lowest BCUT2D eigenvalue weighted by Gasteiger charge is -2.18. The van der Waals surface area contributed by atoms with E-state index < -0.39 is 15.9 Å². The molecule has 1 amide bonds. The van der Waals surface area contributed by atoms with Gasteiger partial charge in [0.15, 0.2) is 11.0 Å². The lowest BCUT2D eigenvalue weighted by atomic mass is 10.2. The van der Waals surface area contributed by atoms with Crippen molar-refractivity contribution in [2.24, 2.45) is 0 Å². The summed E-state index contributed by atoms with van der Waals surface area (Å²) < 4.78 is 13.6. The number of nitro benzene ring substituents is 1. The van der Waals surface area contributed by atoms with Gasteiger partial charge in [-0.25, -0.2) is 4.21 Å². The molecule has 102 valence electrons. The molecule has 0 aromatic heterocycles. The van der Waals surface area contributed by atoms with E-state index in [1.54, 1.807) is 6.07 Å². The van der Waals surface area contributed by atoms with Crippen LogP contribution in [-0.2, 0) is 15.8 Å². The molecule has 0 spiro atoms. The molecule has 7 heteroatoms. The summed E-state index contributed by atoms with van der Waals surface area (Å²) in [6.45, 7) is 0.386. The second kappa shape index (κ2) is 5.92. The van der Waals surface area contributed by atoms with Crippen LogP contribution in [0, 0.1) is 10.1 Å². The van der Waals surface area contributed by atoms with Crippen molar-refractivity contribution in [1.82, 2.24) is 4.31 Å². The number of carbonyl (C=O) groups is 1. The Kier molecular flexibility index (Phi) is 4.26. The van der Waals surface area contributed by atoms with Crippen molar-refractivity contribution in [2.75, 3.05) is 6.54 Å². The number of carbonyl (C=O) groups excluding carboxylic acids is 1. The van der Waals surface area contributed by atoms with Crippen molar-refractivity contribution in [3.05, 3.63) is 34.4 Å². The minimum absolute atomic E-state index is 0.0859. The van der Waals surface area contributed by atoms with E-state index in [0.717, 1.165) is 19.3 Å². The highest BCUT2D eigenvalue weighted by molar-refractivity contribution is 7.83. The molecular formula is C12H14N2O4S. The van der Waals surface area contributed by atoms with Crippen LogP contribution in [0.3, 0.4) is 0 Å². The topological polar surface area (TPSA) is 80.5 Å². The minimum atomic E-state index is -1.80. The summed E-state index contributed by atoms with van der Waals surface area (Å²) in [5.41, 5.74) is -0.210. The standard InChI is InChI=1S/C12H14N2O4S/c15-12-8-2-1-5-9-13(12)19(18)11-7-4-3-6-10(11)14(16)17/h3-4,6-7H,1-2,5,8-9H2. The first-order valence-corrected chi connectivity index (χ1v) is 7.17. The molecule has 0 bridgehead atoms. The third kappa shape index (κ3) is 2.98. The molecule has 0 saturated carbocycles. The number of rotatable bonds is 3. The van der Waals surface area contributed by atoms with E-state index in [-0.39, 0.29) is 16.5 Å². The van der Waals surface area contributed by atoms with Gasteiger partial charge >= 0.3 is 0 Å². The predicted octanol–water partition coefficient (Wildman–Crippen LogP) is 2.02. The summed E-state index contributed by atoms with van der Waals surface area (Å²) in [7, 11) is -1.80. The molecule has 1 saturated heterocycles. The first-order chi connectivity index (χ1) is 9.11. The molecule has 1 atom stereocenters. The second-order valence-electron chi connectivity index (χ2n) is 4.28. The zero-order chi connectivity index (χ0) is 13.8. The third-order valence-corrected chi connectivity index (χ3v) is 4.49. The SMILES string of the molecule is O=C1CCCCCN1S(=O)c1ccccc1[N+](=O)[O-]. The van der Waals surface area contributed by atoms with Crippen LogP contribution < -0.4 is 0 Å². The van der Waals surface area contributed by atoms with Crippen LogP contribution in [0.1, 0.15) is 25.7 Å². The fourth-order valence-electron chi connectivity index (χ4n) is 2.01. The maximum absolute atomic E-state index is 12.4. The Morgan fingerprint density at radius 2 is 1.95 bits per heavy atom. The molecule has 2 rings (SSSR count). The third-order valence-electron chi connectivity index (χ3n) is 2.98. The van der Waals surface area contributed by atoms with Crippen molar-refractivity contribution < 1.29 is 13.9 Å². The Balaban J connectivity index is 2.33. The van der Waals surface area contributed by atoms with Gasteiger partial charge in [0.25, 0.3) is 5.69 Å². The van der Waals surface area contributed by atoms with E-state index in [9.17, 15) is 19.1 Å². The Labute approximate surface area is 113 Å². The lowest BCUT2D eigenvalue weighted by Crippen LogP contribution is -2.32. The minimum Gasteiger partial charge on any atom is -0.274 e. The average Bonchev–Trinajstić information content (AvgIpc) is 2.62. The molecule has 1 aliphatic heterocycles. The number of benzene rings is 1. The number of para-hydroxylation sites is 1. The average molecular weight is 282 g/mol. The second-order valence-corrected chi connectivity index (χ2v) is 5.66. The Bertz CT molecular complexity index is 532. The van der Waals surface area contributed by atoms with Gasteiger partial charge in [0, 0.05) is 19.0 Å². The van der Waals surface area contributed by atoms with Crippen molar-refractivity contribution in [1.29, 1.82) is 0 Å². The molecule has 6 nitrogen and oxygen atoms in total. The van der Waals surface area contributed by atoms with Crippen LogP contribution in [0.2, 0.25) is 0 Å². The van der Waals surface area contributed by atoms with Crippen molar-refractivity contribution >= 4 is 22.6 Å². The van der Waals surface area contributed by atoms with Gasteiger partial charge in [-0.05, 0) is 18.9 Å². The first-order valence-electron chi connectivity index (χ1n) is 6.07. The van der Waals surface area contributed by atoms with Crippen LogP contribution in [0.25, 0.3) is 0 Å². The number of amides is 1. The highest BCUT2D eigenvalue weighted by Gasteiger charge is 2.27. The normalized spacial score (nSPS) is 17.9. The lowest BCUT2D eigenvalue weighted by molar-refractivity contribution is -0.387. The molecular weight excluding hydrogens is 268 g/mol. The van der Waals surface area contributed by atoms with Crippen molar-refractivity contribution in [2.45, 2.75) is 30.6 Å². The zero-order valence-electron chi connectivity index (χ0n) is 10.3. The largest absolute Gasteiger partial charge is 0.287 e. The van der Waals surface area contributed by atoms with Crippen LogP contribution in [0.4, 0.5) is 5.69 Å². The Morgan fingerprint density at radius 1 is 1.21 bits per heavy atom. The highest BCUT2D eigenvalue weighted by Crippen LogP contribution is 2.25. The van der Waals surface area contributed by atoms with Gasteiger partial charge < -0.3 is 0 Å². The quantitative estimate of drug-likeness (QED) is 0.627. The maximum Gasteiger partial charge on any atom is 0.287 e. The Morgan fingerprint density at radius 3 is 2.68 bits per heavy atom. The van der Waals surface area contributed by atoms with Gasteiger partial charge in [-0.1, -0.05) is 18.6 Å². The van der Waals surface area contributed by atoms with E-state index in [4.69, 9.17) is 0 Å². The number of hydrogen-bond acceptors (Lipinski definition) is 4. The summed E-state index contributed by atoms with van der Waals surface area (Å²) in [4.78, 5) is 22.3. The van der Waals surface area contributed by atoms with Crippen LogP contribution in [0.5, 0.6) is 0 Å². The van der Waals surface area contributed by atoms with Gasteiger partial charge in [-0.2, -0.15) is 0 Å². The smallest absolute Gasteiger partial charge is 0.274 e. The summed E-state index contributed by atoms with van der Waals surface area (Å²) in [6, 6.07) is 5.84. The van der Waals surface area contributed by atoms with E-state index in [1.807, 2.05) is 0 Å². The summed E-state index contributed by atoms with van der Waals surface area (Å²) >= 11 is 0. The molecule has 1 aromatic carbocycles. The summed E-state index contributed by atoms with van der Waals surface area (Å²) in [5.74, 6) is -0.200. The van der Waals surface area contributed by atoms with E-state index in [1.165, 1.54) is 22.5 Å². The molecule has 1 aliphatic rings. The van der Waals surface area contributed by atoms with Gasteiger partial charge in [0.1, 0.15) is 4.90 Å². The maximum atomic E-state index is 12.4. The number of nitro groups is 1. The molecule has 0 aliphatic carbocycles. The molecule has 1 unspecified atom stereocenters. The fraction of sp³-hybridized carbons (Fsp3) is 0.417. The van der Waals surface area contributed by atoms with Crippen LogP contribution in [0.15, 0.2) is 29.2 Å². The molecule has 0 N–H and O–H groups in total. The predicted molar refractivity (Wildman–Crippen MR) is 69.7 cm³/mol. The van der Waals surface area contributed by atoms with E-state index in [2.05, 4.69) is 0 Å². The van der Waals surface area contributed by atoms with Crippen LogP contribution in [-0.4, -0.2) is 25.9 Å². The summed E-state index contributed by atoms with van der Waals surface area (Å²) in [5, 5.41) is 10.9. The van der Waals surface area contributed by atoms with Crippen LogP contribution >= 0.6 is 0 Å². The number of nitrogens with zero attached hydrogens (tertiary/aromatic N) is 2. The fourth-order valence-corrected chi connectivity index (χ4v) is 3.33. The Hall–Kier alpha value is -1.76. The molecule has 0 radical (unpaired) electrons. The van der Waals surface area contributed by atoms with Gasteiger partial charge in [0.05, 0.1) is 4.92 Å². The van der Waals surface area contributed by atoms with Crippen molar-refractivity contribution in [3.8, 4) is 0 Å². The van der Waals surface area contributed by atoms with Gasteiger partial charge in [-0.3, -0.25) is 19.2 Å². The van der Waals surface area contributed by atoms with Gasteiger partial charge in [0.2, 0.25) is 5.91 Å². The number of hydrogen-bond donors (Lipinski definition) is 0. The molecule has 1 aromatic rings. The van der Waals surface area contributed by atoms with Crippen molar-refractivity contribution in [3.63, 3.8) is 0 Å². The first kappa shape index (κ1) is 13.7. The highest BCUT2D eigenvalue weighted by atomic mass is 32.2. The molecule has 19 heavy (non-hydrogen) atoms. The van der Waals surface area contributed by atoms with E-state index >= 15 is 0 Å². The monoisotopic (exact) mass is 282 g/mol. The van der Waals surface area contributed by atoms with E-state index in [0.29, 0.717) is 13.0 Å². The molecule has 1 heterocycles. The van der Waals surface area contributed by atoms with Gasteiger partial charge in [-0.15, -0.1) is 0 Å². The molecule has 1 fully saturated rings. The zero-order valence-corrected chi connectivity index (χ0v) is 11.1. The summed E-state index contributed by atoms with van der Waals surface area (Å²) in [6.07, 6.45) is 2.82.